The van der Waals surface area contributed by atoms with Gasteiger partial charge >= 0.3 is 6.18 Å². The van der Waals surface area contributed by atoms with E-state index in [1.54, 1.807) is 31.2 Å². The second-order valence-corrected chi connectivity index (χ2v) is 7.02. The maximum absolute atomic E-state index is 12.7. The first-order chi connectivity index (χ1) is 12.6. The molecule has 0 aromatic heterocycles. The van der Waals surface area contributed by atoms with Gasteiger partial charge in [-0.05, 0) is 36.8 Å². The summed E-state index contributed by atoms with van der Waals surface area (Å²) in [4.78, 5) is 22.2. The summed E-state index contributed by atoms with van der Waals surface area (Å²) in [6.07, 6.45) is -4.68. The van der Waals surface area contributed by atoms with Crippen LogP contribution in [0.15, 0.2) is 47.4 Å². The molecular formula is C17H14ClF3N2O3S. The molecule has 0 aliphatic heterocycles. The summed E-state index contributed by atoms with van der Waals surface area (Å²) in [5.41, 5.74) is -1.02. The molecule has 5 nitrogen and oxygen atoms in total. The second-order valence-electron chi connectivity index (χ2n) is 5.57. The van der Waals surface area contributed by atoms with E-state index in [0.717, 1.165) is 29.5 Å². The fourth-order valence-corrected chi connectivity index (χ4v) is 3.26. The minimum Gasteiger partial charge on any atom is -0.349 e. The van der Waals surface area contributed by atoms with Crippen molar-refractivity contribution in [3.63, 3.8) is 0 Å². The third kappa shape index (κ3) is 5.86. The van der Waals surface area contributed by atoms with E-state index >= 15 is 0 Å². The van der Waals surface area contributed by atoms with Gasteiger partial charge in [0, 0.05) is 11.1 Å². The molecule has 144 valence electrons. The molecule has 1 amide bonds. The number of nitrogens with zero attached hydrogens (tertiary/aromatic N) is 1. The Kier molecular flexibility index (Phi) is 6.72. The van der Waals surface area contributed by atoms with Gasteiger partial charge in [0.15, 0.2) is 0 Å². The Morgan fingerprint density at radius 1 is 1.30 bits per heavy atom. The monoisotopic (exact) mass is 418 g/mol. The van der Waals surface area contributed by atoms with E-state index in [9.17, 15) is 28.1 Å². The van der Waals surface area contributed by atoms with Crippen molar-refractivity contribution < 1.29 is 22.9 Å². The average molecular weight is 419 g/mol. The fraction of sp³-hybridized carbons (Fsp3) is 0.235. The van der Waals surface area contributed by atoms with Crippen LogP contribution in [0.4, 0.5) is 18.9 Å². The van der Waals surface area contributed by atoms with E-state index in [1.807, 2.05) is 0 Å². The highest BCUT2D eigenvalue weighted by molar-refractivity contribution is 8.00. The predicted molar refractivity (Wildman–Crippen MR) is 96.8 cm³/mol. The highest BCUT2D eigenvalue weighted by Crippen LogP contribution is 2.36. The maximum Gasteiger partial charge on any atom is 0.416 e. The summed E-state index contributed by atoms with van der Waals surface area (Å²) in [6.45, 7) is 1.74. The number of nitro benzene ring substituents is 1. The Morgan fingerprint density at radius 2 is 2.00 bits per heavy atom. The smallest absolute Gasteiger partial charge is 0.349 e. The first kappa shape index (κ1) is 21.0. The van der Waals surface area contributed by atoms with Gasteiger partial charge in [-0.3, -0.25) is 14.9 Å². The fourth-order valence-electron chi connectivity index (χ4n) is 2.24. The SMILES string of the molecule is CC(NC(=O)CSc1ccc(C(F)(F)F)cc1[N+](=O)[O-])c1cccc(Cl)c1. The molecule has 0 spiro atoms. The van der Waals surface area contributed by atoms with Gasteiger partial charge in [-0.15, -0.1) is 11.8 Å². The van der Waals surface area contributed by atoms with Crippen molar-refractivity contribution in [3.05, 3.63) is 68.7 Å². The molecule has 1 atom stereocenters. The number of carbonyl (C=O) groups is 1. The van der Waals surface area contributed by atoms with Crippen molar-refractivity contribution in [2.45, 2.75) is 24.0 Å². The van der Waals surface area contributed by atoms with Crippen molar-refractivity contribution in [2.75, 3.05) is 5.75 Å². The number of hydrogen-bond donors (Lipinski definition) is 1. The minimum absolute atomic E-state index is 0.0152. The van der Waals surface area contributed by atoms with E-state index in [0.29, 0.717) is 11.1 Å². The lowest BCUT2D eigenvalue weighted by Gasteiger charge is -2.14. The molecule has 0 fully saturated rings. The normalized spacial score (nSPS) is 12.5. The van der Waals surface area contributed by atoms with Crippen molar-refractivity contribution in [1.82, 2.24) is 5.32 Å². The number of carbonyl (C=O) groups excluding carboxylic acids is 1. The number of thioether (sulfide) groups is 1. The Balaban J connectivity index is 2.05. The molecule has 0 saturated heterocycles. The summed E-state index contributed by atoms with van der Waals surface area (Å²) >= 11 is 6.69. The quantitative estimate of drug-likeness (QED) is 0.395. The standard InChI is InChI=1S/C17H14ClF3N2O3S/c1-10(11-3-2-4-13(18)7-11)22-16(24)9-27-15-6-5-12(17(19,20)21)8-14(15)23(25)26/h2-8,10H,9H2,1H3,(H,22,24). The van der Waals surface area contributed by atoms with Crippen LogP contribution in [0, 0.1) is 10.1 Å². The number of hydrogen-bond acceptors (Lipinski definition) is 4. The lowest BCUT2D eigenvalue weighted by atomic mass is 10.1. The van der Waals surface area contributed by atoms with Crippen molar-refractivity contribution in [1.29, 1.82) is 0 Å². The van der Waals surface area contributed by atoms with Crippen LogP contribution < -0.4 is 5.32 Å². The second kappa shape index (κ2) is 8.62. The van der Waals surface area contributed by atoms with Crippen LogP contribution in [0.3, 0.4) is 0 Å². The van der Waals surface area contributed by atoms with E-state index in [-0.39, 0.29) is 16.7 Å². The first-order valence-corrected chi connectivity index (χ1v) is 8.97. The van der Waals surface area contributed by atoms with Gasteiger partial charge in [-0.2, -0.15) is 13.2 Å². The number of alkyl halides is 3. The maximum atomic E-state index is 12.7. The van der Waals surface area contributed by atoms with Crippen LogP contribution >= 0.6 is 23.4 Å². The summed E-state index contributed by atoms with van der Waals surface area (Å²) < 4.78 is 38.1. The molecule has 2 aromatic carbocycles. The van der Waals surface area contributed by atoms with Crippen LogP contribution in [0.1, 0.15) is 24.1 Å². The number of halogens is 4. The van der Waals surface area contributed by atoms with Gasteiger partial charge in [0.2, 0.25) is 5.91 Å². The zero-order chi connectivity index (χ0) is 20.2. The summed E-state index contributed by atoms with van der Waals surface area (Å²) in [5, 5.41) is 14.3. The summed E-state index contributed by atoms with van der Waals surface area (Å²) in [5.74, 6) is -0.599. The topological polar surface area (TPSA) is 72.2 Å². The highest BCUT2D eigenvalue weighted by atomic mass is 35.5. The van der Waals surface area contributed by atoms with Gasteiger partial charge in [0.25, 0.3) is 5.69 Å². The van der Waals surface area contributed by atoms with Gasteiger partial charge in [-0.25, -0.2) is 0 Å². The third-order valence-corrected chi connectivity index (χ3v) is 4.87. The Bertz CT molecular complexity index is 862. The number of nitrogens with one attached hydrogen (secondary N) is 1. The van der Waals surface area contributed by atoms with Crippen molar-refractivity contribution >= 4 is 35.0 Å². The zero-order valence-electron chi connectivity index (χ0n) is 13.9. The summed E-state index contributed by atoms with van der Waals surface area (Å²) in [7, 11) is 0. The molecule has 0 bridgehead atoms. The van der Waals surface area contributed by atoms with E-state index in [4.69, 9.17) is 11.6 Å². The lowest BCUT2D eigenvalue weighted by Crippen LogP contribution is -2.28. The lowest BCUT2D eigenvalue weighted by molar-refractivity contribution is -0.388. The van der Waals surface area contributed by atoms with Crippen molar-refractivity contribution in [3.8, 4) is 0 Å². The van der Waals surface area contributed by atoms with Gasteiger partial charge in [0.1, 0.15) is 0 Å². The van der Waals surface area contributed by atoms with Gasteiger partial charge < -0.3 is 5.32 Å². The number of benzene rings is 2. The average Bonchev–Trinajstić information content (AvgIpc) is 2.58. The number of amides is 1. The Hall–Kier alpha value is -2.26. The van der Waals surface area contributed by atoms with Gasteiger partial charge in [0.05, 0.1) is 27.2 Å². The third-order valence-electron chi connectivity index (χ3n) is 3.57. The molecule has 27 heavy (non-hydrogen) atoms. The molecule has 1 unspecified atom stereocenters. The molecule has 0 aliphatic carbocycles. The number of nitro groups is 1. The molecule has 2 aromatic rings. The summed E-state index contributed by atoms with van der Waals surface area (Å²) in [6, 6.07) is 8.78. The van der Waals surface area contributed by atoms with Crippen LogP contribution in [-0.4, -0.2) is 16.6 Å². The van der Waals surface area contributed by atoms with Crippen LogP contribution in [-0.2, 0) is 11.0 Å². The molecule has 0 heterocycles. The first-order valence-electron chi connectivity index (χ1n) is 7.61. The molecule has 1 N–H and O–H groups in total. The Morgan fingerprint density at radius 3 is 2.59 bits per heavy atom. The molecular weight excluding hydrogens is 405 g/mol. The van der Waals surface area contributed by atoms with E-state index in [1.165, 1.54) is 0 Å². The van der Waals surface area contributed by atoms with Crippen LogP contribution in [0.2, 0.25) is 5.02 Å². The minimum atomic E-state index is -4.68. The zero-order valence-corrected chi connectivity index (χ0v) is 15.5. The molecule has 2 rings (SSSR count). The highest BCUT2D eigenvalue weighted by Gasteiger charge is 2.33. The molecule has 0 aliphatic rings. The van der Waals surface area contributed by atoms with Crippen molar-refractivity contribution in [2.24, 2.45) is 0 Å². The molecule has 0 radical (unpaired) electrons. The van der Waals surface area contributed by atoms with Gasteiger partial charge in [-0.1, -0.05) is 23.7 Å². The predicted octanol–water partition coefficient (Wildman–Crippen LogP) is 5.24. The van der Waals surface area contributed by atoms with Crippen LogP contribution in [0.5, 0.6) is 0 Å². The van der Waals surface area contributed by atoms with E-state index in [2.05, 4.69) is 5.32 Å². The van der Waals surface area contributed by atoms with Crippen LogP contribution in [0.25, 0.3) is 0 Å². The number of rotatable bonds is 6. The van der Waals surface area contributed by atoms with E-state index < -0.39 is 28.3 Å². The Labute approximate surface area is 162 Å². The molecule has 10 heteroatoms. The molecule has 0 saturated carbocycles. The largest absolute Gasteiger partial charge is 0.416 e.